The maximum absolute atomic E-state index is 11.7. The second-order valence-electron chi connectivity index (χ2n) is 7.93. The summed E-state index contributed by atoms with van der Waals surface area (Å²) >= 11 is 0. The van der Waals surface area contributed by atoms with E-state index in [0.717, 1.165) is 68.9 Å². The van der Waals surface area contributed by atoms with Crippen molar-refractivity contribution in [1.82, 2.24) is 20.5 Å². The number of piperidine rings is 1. The number of aliphatic imine (C=N–C) groups is 1. The van der Waals surface area contributed by atoms with Crippen LogP contribution in [0.4, 0.5) is 0 Å². The molecular formula is C19H34IN5O3S. The summed E-state index contributed by atoms with van der Waals surface area (Å²) in [6.45, 7) is 10.3. The highest BCUT2D eigenvalue weighted by molar-refractivity contribution is 14.0. The van der Waals surface area contributed by atoms with Crippen LogP contribution in [0.3, 0.4) is 0 Å². The number of rotatable bonds is 6. The lowest BCUT2D eigenvalue weighted by atomic mass is 9.97. The van der Waals surface area contributed by atoms with Gasteiger partial charge in [0, 0.05) is 19.1 Å². The van der Waals surface area contributed by atoms with Gasteiger partial charge in [-0.25, -0.2) is 13.4 Å². The van der Waals surface area contributed by atoms with E-state index in [1.165, 1.54) is 0 Å². The quantitative estimate of drug-likeness (QED) is 0.324. The number of sulfone groups is 1. The lowest BCUT2D eigenvalue weighted by Crippen LogP contribution is -2.44. The van der Waals surface area contributed by atoms with E-state index in [-0.39, 0.29) is 41.5 Å². The Morgan fingerprint density at radius 1 is 1.28 bits per heavy atom. The molecule has 10 heteroatoms. The van der Waals surface area contributed by atoms with Crippen molar-refractivity contribution in [3.8, 4) is 0 Å². The molecule has 2 aliphatic rings. The normalized spacial score (nSPS) is 23.0. The Balaban J connectivity index is 0.00000300. The fourth-order valence-corrected chi connectivity index (χ4v) is 5.44. The van der Waals surface area contributed by atoms with Crippen LogP contribution in [0.15, 0.2) is 9.41 Å². The van der Waals surface area contributed by atoms with Gasteiger partial charge in [-0.2, -0.15) is 0 Å². The summed E-state index contributed by atoms with van der Waals surface area (Å²) in [4.78, 5) is 11.6. The number of oxazole rings is 1. The Morgan fingerprint density at radius 2 is 2.00 bits per heavy atom. The summed E-state index contributed by atoms with van der Waals surface area (Å²) in [5.74, 6) is 3.46. The second kappa shape index (κ2) is 10.9. The highest BCUT2D eigenvalue weighted by atomic mass is 127. The van der Waals surface area contributed by atoms with Gasteiger partial charge in [-0.05, 0) is 59.0 Å². The van der Waals surface area contributed by atoms with Crippen LogP contribution in [0.5, 0.6) is 0 Å². The summed E-state index contributed by atoms with van der Waals surface area (Å²) in [6, 6.07) is -0.0302. The Labute approximate surface area is 191 Å². The molecule has 1 unspecified atom stereocenters. The minimum Gasteiger partial charge on any atom is -0.444 e. The third-order valence-corrected chi connectivity index (χ3v) is 7.33. The third kappa shape index (κ3) is 7.39. The zero-order chi connectivity index (χ0) is 20.1. The molecule has 3 heterocycles. The number of likely N-dealkylation sites (tertiary alicyclic amines) is 1. The molecule has 2 aliphatic heterocycles. The minimum atomic E-state index is -2.89. The molecule has 2 N–H and O–H groups in total. The van der Waals surface area contributed by atoms with E-state index in [2.05, 4.69) is 20.5 Å². The Kier molecular flexibility index (Phi) is 9.20. The summed E-state index contributed by atoms with van der Waals surface area (Å²) in [5.41, 5.74) is 0.970. The fraction of sp³-hybridized carbons (Fsp3) is 0.789. The molecule has 3 rings (SSSR count). The van der Waals surface area contributed by atoms with Crippen molar-refractivity contribution < 1.29 is 12.8 Å². The number of nitrogens with one attached hydrogen (secondary N) is 2. The van der Waals surface area contributed by atoms with E-state index in [9.17, 15) is 8.42 Å². The van der Waals surface area contributed by atoms with Crippen LogP contribution in [0, 0.1) is 19.8 Å². The molecule has 1 aromatic rings. The van der Waals surface area contributed by atoms with Crippen molar-refractivity contribution in [3.05, 3.63) is 17.3 Å². The van der Waals surface area contributed by atoms with Gasteiger partial charge in [-0.3, -0.25) is 9.89 Å². The zero-order valence-electron chi connectivity index (χ0n) is 17.6. The first-order valence-electron chi connectivity index (χ1n) is 10.2. The molecule has 166 valence electrons. The lowest BCUT2D eigenvalue weighted by molar-refractivity contribution is 0.166. The Morgan fingerprint density at radius 3 is 2.55 bits per heavy atom. The van der Waals surface area contributed by atoms with Crippen molar-refractivity contribution >= 4 is 39.8 Å². The monoisotopic (exact) mass is 539 g/mol. The fourth-order valence-electron chi connectivity index (χ4n) is 3.77. The number of halogens is 1. The number of aromatic nitrogens is 1. The summed E-state index contributed by atoms with van der Waals surface area (Å²) in [7, 11) is -2.89. The molecule has 0 aromatic carbocycles. The van der Waals surface area contributed by atoms with Crippen LogP contribution in [0.25, 0.3) is 0 Å². The molecule has 29 heavy (non-hydrogen) atoms. The van der Waals surface area contributed by atoms with Gasteiger partial charge in [0.1, 0.15) is 5.76 Å². The predicted octanol–water partition coefficient (Wildman–Crippen LogP) is 1.86. The first-order chi connectivity index (χ1) is 13.3. The molecule has 2 saturated heterocycles. The first kappa shape index (κ1) is 24.4. The maximum atomic E-state index is 11.7. The lowest BCUT2D eigenvalue weighted by Gasteiger charge is -2.30. The van der Waals surface area contributed by atoms with Crippen molar-refractivity contribution in [2.45, 2.75) is 52.6 Å². The predicted molar refractivity (Wildman–Crippen MR) is 126 cm³/mol. The van der Waals surface area contributed by atoms with Gasteiger partial charge in [0.05, 0.1) is 23.7 Å². The average molecular weight is 539 g/mol. The van der Waals surface area contributed by atoms with E-state index in [1.807, 2.05) is 20.8 Å². The number of nitrogens with zero attached hydrogens (tertiary/aromatic N) is 3. The van der Waals surface area contributed by atoms with Crippen molar-refractivity contribution in [1.29, 1.82) is 0 Å². The third-order valence-electron chi connectivity index (χ3n) is 5.56. The summed E-state index contributed by atoms with van der Waals surface area (Å²) < 4.78 is 29.0. The standard InChI is InChI=1S/C19H33N5O3S.HI/c1-4-20-19(23-17-7-10-28(25,26)13-17)21-11-16-5-8-24(9-6-16)12-18-22-14(2)15(3)27-18;/h16-17H,4-13H2,1-3H3,(H2,20,21,23);1H. The van der Waals surface area contributed by atoms with Crippen LogP contribution >= 0.6 is 24.0 Å². The van der Waals surface area contributed by atoms with Crippen molar-refractivity contribution in [2.75, 3.05) is 37.7 Å². The summed E-state index contributed by atoms with van der Waals surface area (Å²) in [6.07, 6.45) is 2.85. The van der Waals surface area contributed by atoms with Crippen LogP contribution < -0.4 is 10.6 Å². The molecule has 1 atom stereocenters. The molecular weight excluding hydrogens is 505 g/mol. The molecule has 2 fully saturated rings. The van der Waals surface area contributed by atoms with E-state index in [1.54, 1.807) is 0 Å². The number of guanidine groups is 1. The first-order valence-corrected chi connectivity index (χ1v) is 12.1. The van der Waals surface area contributed by atoms with E-state index in [0.29, 0.717) is 12.3 Å². The van der Waals surface area contributed by atoms with Crippen molar-refractivity contribution in [3.63, 3.8) is 0 Å². The van der Waals surface area contributed by atoms with Crippen LogP contribution in [0.1, 0.15) is 43.5 Å². The molecule has 0 radical (unpaired) electrons. The van der Waals surface area contributed by atoms with E-state index < -0.39 is 9.84 Å². The zero-order valence-corrected chi connectivity index (χ0v) is 20.8. The largest absolute Gasteiger partial charge is 0.444 e. The molecule has 0 saturated carbocycles. The Hall–Kier alpha value is -0.880. The van der Waals surface area contributed by atoms with Crippen LogP contribution in [-0.4, -0.2) is 68.0 Å². The SMILES string of the molecule is CCNC(=NCC1CCN(Cc2nc(C)c(C)o2)CC1)NC1CCS(=O)(=O)C1.I. The van der Waals surface area contributed by atoms with Gasteiger partial charge < -0.3 is 15.1 Å². The average Bonchev–Trinajstić information content (AvgIpc) is 3.15. The minimum absolute atomic E-state index is 0. The Bertz CT molecular complexity index is 768. The highest BCUT2D eigenvalue weighted by Crippen LogP contribution is 2.20. The van der Waals surface area contributed by atoms with E-state index in [4.69, 9.17) is 9.41 Å². The molecule has 0 amide bonds. The molecule has 0 aliphatic carbocycles. The van der Waals surface area contributed by atoms with Gasteiger partial charge in [0.25, 0.3) is 0 Å². The van der Waals surface area contributed by atoms with E-state index >= 15 is 0 Å². The van der Waals surface area contributed by atoms with Crippen molar-refractivity contribution in [2.24, 2.45) is 10.9 Å². The van der Waals surface area contributed by atoms with Crippen LogP contribution in [-0.2, 0) is 16.4 Å². The molecule has 8 nitrogen and oxygen atoms in total. The molecule has 0 bridgehead atoms. The number of hydrogen-bond acceptors (Lipinski definition) is 6. The smallest absolute Gasteiger partial charge is 0.208 e. The second-order valence-corrected chi connectivity index (χ2v) is 10.2. The van der Waals surface area contributed by atoms with Gasteiger partial charge in [-0.15, -0.1) is 24.0 Å². The number of hydrogen-bond donors (Lipinski definition) is 2. The molecule has 0 spiro atoms. The van der Waals surface area contributed by atoms with Gasteiger partial charge in [0.2, 0.25) is 5.89 Å². The number of aryl methyl sites for hydroxylation is 2. The highest BCUT2D eigenvalue weighted by Gasteiger charge is 2.28. The maximum Gasteiger partial charge on any atom is 0.208 e. The summed E-state index contributed by atoms with van der Waals surface area (Å²) in [5, 5.41) is 6.53. The molecule has 1 aromatic heterocycles. The van der Waals surface area contributed by atoms with Gasteiger partial charge in [-0.1, -0.05) is 0 Å². The van der Waals surface area contributed by atoms with Gasteiger partial charge in [0.15, 0.2) is 15.8 Å². The topological polar surface area (TPSA) is 99.8 Å². The van der Waals surface area contributed by atoms with Crippen LogP contribution in [0.2, 0.25) is 0 Å². The van der Waals surface area contributed by atoms with Gasteiger partial charge >= 0.3 is 0 Å².